The molecule has 1 aromatic heterocycles. The predicted molar refractivity (Wildman–Crippen MR) is 166 cm³/mol. The molecule has 0 N–H and O–H groups in total. The highest BCUT2D eigenvalue weighted by atomic mass is 19.1. The number of aromatic nitrogens is 2. The monoisotopic (exact) mass is 628 g/mol. The van der Waals surface area contributed by atoms with Gasteiger partial charge in [0.25, 0.3) is 5.91 Å². The molecule has 46 heavy (non-hydrogen) atoms. The molecule has 8 rings (SSSR count). The predicted octanol–water partition coefficient (Wildman–Crippen LogP) is 5.46. The van der Waals surface area contributed by atoms with Crippen LogP contribution < -0.4 is 9.64 Å². The average molecular weight is 629 g/mol. The van der Waals surface area contributed by atoms with Gasteiger partial charge < -0.3 is 14.5 Å². The molecule has 238 valence electrons. The average Bonchev–Trinajstić information content (AvgIpc) is 3.39. The number of fused-ring (bicyclic) bond motifs is 5. The van der Waals surface area contributed by atoms with Crippen LogP contribution in [0.4, 0.5) is 19.0 Å². The van der Waals surface area contributed by atoms with Crippen LogP contribution in [0.1, 0.15) is 49.1 Å². The summed E-state index contributed by atoms with van der Waals surface area (Å²) in [6.45, 7) is 5.10. The molecule has 0 radical (unpaired) electrons. The molecule has 5 aliphatic rings. The van der Waals surface area contributed by atoms with Crippen molar-refractivity contribution in [2.75, 3.05) is 44.2 Å². The SMILES string of the molecule is C=C(F)C(=O)N1CCN(c2nc(OC[C@@]34CCCN3C[C@H](F)C4)nc3c(F)c(-c4cccc5c4CC4CC54)ccc23)C[C@@H]1CC#N. The van der Waals surface area contributed by atoms with Gasteiger partial charge in [-0.3, -0.25) is 9.69 Å². The number of rotatable bonds is 7. The maximum Gasteiger partial charge on any atom is 0.319 e. The van der Waals surface area contributed by atoms with Crippen molar-refractivity contribution in [2.24, 2.45) is 5.92 Å². The Morgan fingerprint density at radius 3 is 2.85 bits per heavy atom. The molecule has 1 saturated carbocycles. The van der Waals surface area contributed by atoms with Crippen molar-refractivity contribution >= 4 is 22.6 Å². The van der Waals surface area contributed by atoms with Crippen LogP contribution >= 0.6 is 0 Å². The number of piperazine rings is 1. The van der Waals surface area contributed by atoms with Crippen LogP contribution in [0.25, 0.3) is 22.0 Å². The molecule has 3 aliphatic heterocycles. The summed E-state index contributed by atoms with van der Waals surface area (Å²) in [4.78, 5) is 27.3. The molecule has 1 amide bonds. The lowest BCUT2D eigenvalue weighted by Gasteiger charge is -2.41. The Morgan fingerprint density at radius 2 is 2.02 bits per heavy atom. The van der Waals surface area contributed by atoms with Gasteiger partial charge in [-0.2, -0.15) is 15.2 Å². The summed E-state index contributed by atoms with van der Waals surface area (Å²) < 4.78 is 51.3. The Morgan fingerprint density at radius 1 is 1.15 bits per heavy atom. The first-order valence-electron chi connectivity index (χ1n) is 16.2. The Hall–Kier alpha value is -4.17. The highest BCUT2D eigenvalue weighted by Crippen LogP contribution is 2.58. The zero-order valence-electron chi connectivity index (χ0n) is 25.5. The van der Waals surface area contributed by atoms with E-state index in [1.165, 1.54) is 22.4 Å². The van der Waals surface area contributed by atoms with Crippen LogP contribution in [-0.4, -0.2) is 82.8 Å². The van der Waals surface area contributed by atoms with Crippen molar-refractivity contribution < 1.29 is 22.7 Å². The number of carbonyl (C=O) groups excluding carboxylic acids is 1. The lowest BCUT2D eigenvalue weighted by atomic mass is 9.93. The number of nitriles is 1. The van der Waals surface area contributed by atoms with Gasteiger partial charge in [-0.25, -0.2) is 13.2 Å². The highest BCUT2D eigenvalue weighted by Gasteiger charge is 2.49. The van der Waals surface area contributed by atoms with E-state index >= 15 is 4.39 Å². The number of nitrogens with zero attached hydrogens (tertiary/aromatic N) is 6. The Labute approximate surface area is 265 Å². The van der Waals surface area contributed by atoms with E-state index in [1.807, 2.05) is 23.1 Å². The van der Waals surface area contributed by atoms with Gasteiger partial charge in [-0.1, -0.05) is 30.8 Å². The number of amides is 1. The van der Waals surface area contributed by atoms with Crippen LogP contribution in [-0.2, 0) is 11.2 Å². The molecule has 3 saturated heterocycles. The van der Waals surface area contributed by atoms with E-state index in [4.69, 9.17) is 9.72 Å². The summed E-state index contributed by atoms with van der Waals surface area (Å²) in [5, 5.41) is 9.98. The summed E-state index contributed by atoms with van der Waals surface area (Å²) in [5.41, 5.74) is 3.52. The van der Waals surface area contributed by atoms with E-state index in [2.05, 4.69) is 28.6 Å². The molecule has 0 bridgehead atoms. The third kappa shape index (κ3) is 4.72. The van der Waals surface area contributed by atoms with Crippen molar-refractivity contribution in [1.82, 2.24) is 19.8 Å². The van der Waals surface area contributed by atoms with Crippen LogP contribution in [0, 0.1) is 23.1 Å². The van der Waals surface area contributed by atoms with Crippen molar-refractivity contribution in [2.45, 2.75) is 62.2 Å². The molecule has 2 unspecified atom stereocenters. The van der Waals surface area contributed by atoms with E-state index in [0.29, 0.717) is 41.6 Å². The minimum Gasteiger partial charge on any atom is -0.461 e. The van der Waals surface area contributed by atoms with Gasteiger partial charge >= 0.3 is 6.01 Å². The second-order valence-electron chi connectivity index (χ2n) is 13.6. The highest BCUT2D eigenvalue weighted by molar-refractivity contribution is 5.94. The van der Waals surface area contributed by atoms with Crippen molar-refractivity contribution in [3.8, 4) is 23.2 Å². The fourth-order valence-electron chi connectivity index (χ4n) is 8.59. The van der Waals surface area contributed by atoms with E-state index in [-0.39, 0.29) is 44.2 Å². The number of ether oxygens (including phenoxy) is 1. The number of carbonyl (C=O) groups is 1. The molecule has 3 aromatic rings. The Kier molecular flexibility index (Phi) is 6.98. The van der Waals surface area contributed by atoms with E-state index in [1.54, 1.807) is 6.07 Å². The first-order valence-corrected chi connectivity index (χ1v) is 16.2. The number of hydrogen-bond acceptors (Lipinski definition) is 7. The second-order valence-corrected chi connectivity index (χ2v) is 13.6. The minimum absolute atomic E-state index is 0.00547. The topological polar surface area (TPSA) is 85.6 Å². The number of alkyl halides is 1. The van der Waals surface area contributed by atoms with Gasteiger partial charge in [0.15, 0.2) is 11.6 Å². The molecule has 11 heteroatoms. The normalized spacial score (nSPS) is 28.1. The van der Waals surface area contributed by atoms with Crippen LogP contribution in [0.2, 0.25) is 0 Å². The standard InChI is InChI=1S/C35H35F3N6O2/c1-20(36)33(45)44-13-12-42(18-23(44)8-10-39)32-27-7-6-26(24-4-2-5-25-28-14-21(28)15-29(24)25)30(38)31(27)40-34(41-32)46-19-35-9-3-11-43(35)17-22(37)16-35/h2,4-7,21-23,28H,1,3,8-9,11-19H2/t21?,22-,23+,28?,35+/m1/s1. The summed E-state index contributed by atoms with van der Waals surface area (Å²) in [6.07, 6.45) is 3.32. The van der Waals surface area contributed by atoms with E-state index in [0.717, 1.165) is 31.4 Å². The van der Waals surface area contributed by atoms with Crippen molar-refractivity contribution in [3.05, 3.63) is 59.7 Å². The molecular weight excluding hydrogens is 593 g/mol. The number of anilines is 1. The minimum atomic E-state index is -1.08. The molecule has 0 spiro atoms. The van der Waals surface area contributed by atoms with Crippen molar-refractivity contribution in [1.29, 1.82) is 5.26 Å². The first kappa shape index (κ1) is 29.2. The number of halogens is 3. The molecule has 8 nitrogen and oxygen atoms in total. The lowest BCUT2D eigenvalue weighted by molar-refractivity contribution is -0.131. The molecular formula is C35H35F3N6O2. The molecule has 5 atom stereocenters. The van der Waals surface area contributed by atoms with E-state index < -0.39 is 35.3 Å². The molecule has 4 fully saturated rings. The van der Waals surface area contributed by atoms with E-state index in [9.17, 15) is 18.8 Å². The maximum absolute atomic E-state index is 16.7. The third-order valence-electron chi connectivity index (χ3n) is 10.9. The third-order valence-corrected chi connectivity index (χ3v) is 10.9. The van der Waals surface area contributed by atoms with Crippen molar-refractivity contribution in [3.63, 3.8) is 0 Å². The fourth-order valence-corrected chi connectivity index (χ4v) is 8.59. The van der Waals surface area contributed by atoms with Gasteiger partial charge in [0.1, 0.15) is 24.1 Å². The Balaban J connectivity index is 1.19. The molecule has 2 aliphatic carbocycles. The number of hydrogen-bond donors (Lipinski definition) is 0. The lowest BCUT2D eigenvalue weighted by Crippen LogP contribution is -2.55. The van der Waals surface area contributed by atoms with Gasteiger partial charge in [0.05, 0.1) is 24.1 Å². The van der Waals surface area contributed by atoms with Crippen LogP contribution in [0.15, 0.2) is 42.7 Å². The summed E-state index contributed by atoms with van der Waals surface area (Å²) in [7, 11) is 0. The first-order chi connectivity index (χ1) is 22.3. The van der Waals surface area contributed by atoms with Crippen LogP contribution in [0.3, 0.4) is 0 Å². The summed E-state index contributed by atoms with van der Waals surface area (Å²) in [6, 6.07) is 11.2. The maximum atomic E-state index is 16.7. The van der Waals surface area contributed by atoms with Gasteiger partial charge in [0.2, 0.25) is 0 Å². The van der Waals surface area contributed by atoms with Gasteiger partial charge in [-0.15, -0.1) is 0 Å². The zero-order chi connectivity index (χ0) is 31.7. The van der Waals surface area contributed by atoms with Gasteiger partial charge in [-0.05, 0) is 66.8 Å². The summed E-state index contributed by atoms with van der Waals surface area (Å²) in [5.74, 6) is -0.770. The Bertz CT molecular complexity index is 1810. The largest absolute Gasteiger partial charge is 0.461 e. The molecule has 4 heterocycles. The van der Waals surface area contributed by atoms with Crippen LogP contribution in [0.5, 0.6) is 6.01 Å². The van der Waals surface area contributed by atoms with Gasteiger partial charge in [0, 0.05) is 43.5 Å². The quantitative estimate of drug-likeness (QED) is 0.321. The summed E-state index contributed by atoms with van der Waals surface area (Å²) >= 11 is 0. The fraction of sp³-hybridized carbons (Fsp3) is 0.486. The molecule has 2 aromatic carbocycles. The number of benzene rings is 2. The smallest absolute Gasteiger partial charge is 0.319 e. The second kappa shape index (κ2) is 11.0. The zero-order valence-corrected chi connectivity index (χ0v) is 25.5.